The third-order valence-electron chi connectivity index (χ3n) is 2.30. The number of aromatic amines is 1. The van der Waals surface area contributed by atoms with E-state index in [1.54, 1.807) is 4.57 Å². The molecule has 78 valence electrons. The molecule has 0 aliphatic rings. The molecule has 3 nitrogen and oxygen atoms in total. The Hall–Kier alpha value is -1.42. The number of nitrogens with zero attached hydrogens (tertiary/aromatic N) is 1. The molecule has 0 saturated heterocycles. The zero-order valence-electron chi connectivity index (χ0n) is 8.65. The molecular weight excluding hydrogens is 208 g/mol. The van der Waals surface area contributed by atoms with E-state index in [1.165, 1.54) is 0 Å². The molecule has 0 spiro atoms. The summed E-state index contributed by atoms with van der Waals surface area (Å²) in [7, 11) is 0. The van der Waals surface area contributed by atoms with Gasteiger partial charge in [-0.05, 0) is 24.4 Å². The quantitative estimate of drug-likeness (QED) is 0.750. The highest BCUT2D eigenvalue weighted by Crippen LogP contribution is 2.15. The minimum Gasteiger partial charge on any atom is -0.330 e. The van der Waals surface area contributed by atoms with Crippen molar-refractivity contribution >= 4 is 29.2 Å². The Bertz CT molecular complexity index is 565. The number of H-pyrrole nitrogens is 1. The van der Waals surface area contributed by atoms with E-state index in [2.05, 4.69) is 4.98 Å². The average molecular weight is 220 g/mol. The molecule has 0 aliphatic carbocycles. The van der Waals surface area contributed by atoms with E-state index < -0.39 is 0 Å². The van der Waals surface area contributed by atoms with Crippen LogP contribution in [0.2, 0.25) is 0 Å². The maximum atomic E-state index is 11.9. The molecule has 0 radical (unpaired) electrons. The first-order chi connectivity index (χ1) is 7.11. The second-order valence-corrected chi connectivity index (χ2v) is 4.16. The molecule has 1 heterocycles. The van der Waals surface area contributed by atoms with Gasteiger partial charge in [-0.15, -0.1) is 0 Å². The van der Waals surface area contributed by atoms with E-state index in [0.717, 1.165) is 11.0 Å². The smallest absolute Gasteiger partial charge is 0.235 e. The van der Waals surface area contributed by atoms with Crippen LogP contribution < -0.4 is 0 Å². The fraction of sp³-hybridized carbons (Fsp3) is 0.273. The molecule has 0 atom stereocenters. The predicted molar refractivity (Wildman–Crippen MR) is 62.6 cm³/mol. The zero-order valence-corrected chi connectivity index (χ0v) is 9.47. The number of nitrogens with one attached hydrogen (secondary N) is 1. The molecule has 1 aromatic carbocycles. The van der Waals surface area contributed by atoms with E-state index in [-0.39, 0.29) is 11.8 Å². The summed E-state index contributed by atoms with van der Waals surface area (Å²) in [4.78, 5) is 14.9. The van der Waals surface area contributed by atoms with Crippen LogP contribution in [0.15, 0.2) is 24.3 Å². The lowest BCUT2D eigenvalue weighted by Gasteiger charge is -2.05. The molecule has 0 unspecified atom stereocenters. The number of benzene rings is 1. The minimum absolute atomic E-state index is 0.0254. The molecule has 4 heteroatoms. The normalized spacial score (nSPS) is 11.1. The number of carbonyl (C=O) groups is 1. The van der Waals surface area contributed by atoms with Gasteiger partial charge in [-0.25, -0.2) is 0 Å². The van der Waals surface area contributed by atoms with E-state index in [9.17, 15) is 4.79 Å². The molecule has 0 amide bonds. The fourth-order valence-corrected chi connectivity index (χ4v) is 1.83. The Kier molecular flexibility index (Phi) is 2.44. The lowest BCUT2D eigenvalue weighted by Crippen LogP contribution is -2.16. The highest BCUT2D eigenvalue weighted by atomic mass is 32.1. The van der Waals surface area contributed by atoms with Crippen LogP contribution in [-0.4, -0.2) is 15.5 Å². The SMILES string of the molecule is CC(C)C(=O)n1c(=S)[nH]c2ccccc21. The third kappa shape index (κ3) is 1.61. The van der Waals surface area contributed by atoms with Gasteiger partial charge in [0.05, 0.1) is 11.0 Å². The van der Waals surface area contributed by atoms with Crippen LogP contribution in [0.1, 0.15) is 18.6 Å². The number of imidazole rings is 1. The van der Waals surface area contributed by atoms with Crippen molar-refractivity contribution < 1.29 is 4.79 Å². The van der Waals surface area contributed by atoms with Gasteiger partial charge in [0.25, 0.3) is 0 Å². The lowest BCUT2D eigenvalue weighted by molar-refractivity contribution is 0.0858. The number of rotatable bonds is 1. The number of hydrogen-bond acceptors (Lipinski definition) is 2. The van der Waals surface area contributed by atoms with Crippen LogP contribution in [0.3, 0.4) is 0 Å². The van der Waals surface area contributed by atoms with Crippen molar-refractivity contribution in [1.82, 2.24) is 9.55 Å². The van der Waals surface area contributed by atoms with Crippen molar-refractivity contribution in [3.8, 4) is 0 Å². The van der Waals surface area contributed by atoms with E-state index in [1.807, 2.05) is 38.1 Å². The summed E-state index contributed by atoms with van der Waals surface area (Å²) in [6.07, 6.45) is 0. The number of hydrogen-bond donors (Lipinski definition) is 1. The molecule has 0 fully saturated rings. The highest BCUT2D eigenvalue weighted by Gasteiger charge is 2.14. The fourth-order valence-electron chi connectivity index (χ4n) is 1.53. The Balaban J connectivity index is 2.75. The summed E-state index contributed by atoms with van der Waals surface area (Å²) < 4.78 is 2.03. The van der Waals surface area contributed by atoms with Gasteiger partial charge in [-0.2, -0.15) is 0 Å². The minimum atomic E-state index is -0.0593. The summed E-state index contributed by atoms with van der Waals surface area (Å²) >= 11 is 5.14. The Morgan fingerprint density at radius 1 is 1.40 bits per heavy atom. The standard InChI is InChI=1S/C11H12N2OS/c1-7(2)10(14)13-9-6-4-3-5-8(9)12-11(13)15/h3-7H,1-2H3,(H,12,15). The Morgan fingerprint density at radius 2 is 2.07 bits per heavy atom. The maximum absolute atomic E-state index is 11.9. The van der Waals surface area contributed by atoms with Gasteiger partial charge >= 0.3 is 0 Å². The van der Waals surface area contributed by atoms with Crippen LogP contribution >= 0.6 is 12.2 Å². The molecule has 1 aromatic heterocycles. The first-order valence-electron chi connectivity index (χ1n) is 4.85. The molecule has 2 rings (SSSR count). The molecule has 0 saturated carbocycles. The van der Waals surface area contributed by atoms with Gasteiger partial charge in [0.15, 0.2) is 4.77 Å². The number of carbonyl (C=O) groups excluding carboxylic acids is 1. The lowest BCUT2D eigenvalue weighted by atomic mass is 10.2. The molecule has 0 aliphatic heterocycles. The van der Waals surface area contributed by atoms with E-state index in [4.69, 9.17) is 12.2 Å². The number of para-hydroxylation sites is 2. The summed E-state index contributed by atoms with van der Waals surface area (Å²) in [5.74, 6) is -0.0339. The molecule has 15 heavy (non-hydrogen) atoms. The van der Waals surface area contributed by atoms with Crippen LogP contribution in [0, 0.1) is 10.7 Å². The van der Waals surface area contributed by atoms with Crippen molar-refractivity contribution in [3.63, 3.8) is 0 Å². The maximum Gasteiger partial charge on any atom is 0.235 e. The van der Waals surface area contributed by atoms with Gasteiger partial charge in [-0.3, -0.25) is 9.36 Å². The monoisotopic (exact) mass is 220 g/mol. The van der Waals surface area contributed by atoms with Crippen LogP contribution in [0.5, 0.6) is 0 Å². The molecular formula is C11H12N2OS. The first kappa shape index (κ1) is 10.1. The van der Waals surface area contributed by atoms with Gasteiger partial charge in [0.2, 0.25) is 5.91 Å². The Morgan fingerprint density at radius 3 is 2.73 bits per heavy atom. The van der Waals surface area contributed by atoms with Crippen LogP contribution in [-0.2, 0) is 0 Å². The van der Waals surface area contributed by atoms with Gasteiger partial charge < -0.3 is 4.98 Å². The van der Waals surface area contributed by atoms with Gasteiger partial charge in [0, 0.05) is 5.92 Å². The van der Waals surface area contributed by atoms with E-state index in [0.29, 0.717) is 4.77 Å². The number of fused-ring (bicyclic) bond motifs is 1. The zero-order chi connectivity index (χ0) is 11.0. The van der Waals surface area contributed by atoms with Gasteiger partial charge in [-0.1, -0.05) is 26.0 Å². The van der Waals surface area contributed by atoms with Crippen LogP contribution in [0.4, 0.5) is 0 Å². The van der Waals surface area contributed by atoms with Crippen molar-refractivity contribution in [1.29, 1.82) is 0 Å². The van der Waals surface area contributed by atoms with Gasteiger partial charge in [0.1, 0.15) is 0 Å². The van der Waals surface area contributed by atoms with E-state index >= 15 is 0 Å². The van der Waals surface area contributed by atoms with Crippen molar-refractivity contribution in [2.24, 2.45) is 5.92 Å². The van der Waals surface area contributed by atoms with Crippen molar-refractivity contribution in [2.75, 3.05) is 0 Å². The summed E-state index contributed by atoms with van der Waals surface area (Å²) in [5.41, 5.74) is 1.75. The molecule has 1 N–H and O–H groups in total. The number of aromatic nitrogens is 2. The second-order valence-electron chi connectivity index (χ2n) is 3.78. The van der Waals surface area contributed by atoms with Crippen molar-refractivity contribution in [3.05, 3.63) is 29.0 Å². The summed E-state index contributed by atoms with van der Waals surface area (Å²) in [6, 6.07) is 7.62. The highest BCUT2D eigenvalue weighted by molar-refractivity contribution is 7.71. The third-order valence-corrected chi connectivity index (χ3v) is 2.59. The predicted octanol–water partition coefficient (Wildman–Crippen LogP) is 3.00. The summed E-state index contributed by atoms with van der Waals surface area (Å²) in [6.45, 7) is 3.73. The Labute approximate surface area is 92.7 Å². The van der Waals surface area contributed by atoms with Crippen LogP contribution in [0.25, 0.3) is 11.0 Å². The average Bonchev–Trinajstić information content (AvgIpc) is 2.52. The molecule has 0 bridgehead atoms. The van der Waals surface area contributed by atoms with Crippen molar-refractivity contribution in [2.45, 2.75) is 13.8 Å². The first-order valence-corrected chi connectivity index (χ1v) is 5.26. The molecule has 2 aromatic rings. The topological polar surface area (TPSA) is 37.8 Å². The largest absolute Gasteiger partial charge is 0.330 e. The summed E-state index contributed by atoms with van der Waals surface area (Å²) in [5, 5.41) is 0. The second kappa shape index (κ2) is 3.62.